The van der Waals surface area contributed by atoms with E-state index in [1.165, 1.54) is 0 Å². The molecule has 0 unspecified atom stereocenters. The Balaban J connectivity index is 0.000000708. The Hall–Kier alpha value is -4.17. The third kappa shape index (κ3) is 11.7. The number of carboxylic acids is 2. The fourth-order valence-electron chi connectivity index (χ4n) is 3.50. The standard InChI is InChI=1S/C24H31N5O4.C2HF3O2/c1-33-15-10-25-22(30)18-28-11-13-29(14-12-28)24(26-17-19-6-3-2-4-7-19)27-21-9-5-8-20(16-21)23(31)32;3-2(4,5)1(6)7/h2-9,16H,10-15,17-18H2,1H3,(H,25,30)(H,26,27)(H,31,32);(H,6,7). The van der Waals surface area contributed by atoms with Gasteiger partial charge in [-0.3, -0.25) is 9.69 Å². The fourth-order valence-corrected chi connectivity index (χ4v) is 3.50. The maximum Gasteiger partial charge on any atom is 0.490 e. The third-order valence-electron chi connectivity index (χ3n) is 5.53. The summed E-state index contributed by atoms with van der Waals surface area (Å²) in [5, 5.41) is 22.6. The second-order valence-electron chi connectivity index (χ2n) is 8.55. The van der Waals surface area contributed by atoms with Gasteiger partial charge in [0.2, 0.25) is 5.91 Å². The zero-order valence-electron chi connectivity index (χ0n) is 21.9. The van der Waals surface area contributed by atoms with Crippen LogP contribution < -0.4 is 10.6 Å². The molecule has 3 rings (SSSR count). The lowest BCUT2D eigenvalue weighted by Gasteiger charge is -2.36. The van der Waals surface area contributed by atoms with Crippen molar-refractivity contribution < 1.29 is 42.5 Å². The minimum atomic E-state index is -5.08. The highest BCUT2D eigenvalue weighted by atomic mass is 19.4. The first-order chi connectivity index (χ1) is 19.0. The van der Waals surface area contributed by atoms with Crippen molar-refractivity contribution in [2.24, 2.45) is 4.99 Å². The molecule has 1 saturated heterocycles. The molecule has 1 fully saturated rings. The number of rotatable bonds is 9. The van der Waals surface area contributed by atoms with Crippen molar-refractivity contribution >= 4 is 29.5 Å². The molecular weight excluding hydrogens is 535 g/mol. The molecule has 1 aliphatic heterocycles. The van der Waals surface area contributed by atoms with Gasteiger partial charge >= 0.3 is 18.1 Å². The van der Waals surface area contributed by atoms with Crippen LogP contribution in [0.1, 0.15) is 15.9 Å². The maximum atomic E-state index is 12.1. The van der Waals surface area contributed by atoms with E-state index in [9.17, 15) is 27.9 Å². The highest BCUT2D eigenvalue weighted by molar-refractivity contribution is 5.96. The molecule has 0 aromatic heterocycles. The third-order valence-corrected chi connectivity index (χ3v) is 5.53. The number of hydrogen-bond donors (Lipinski definition) is 4. The Morgan fingerprint density at radius 3 is 2.23 bits per heavy atom. The SMILES string of the molecule is COCCNC(=O)CN1CCN(C(=NCc2ccccc2)Nc2cccc(C(=O)O)c2)CC1.O=C(O)C(F)(F)F. The van der Waals surface area contributed by atoms with Gasteiger partial charge in [0.15, 0.2) is 5.96 Å². The predicted octanol–water partition coefficient (Wildman–Crippen LogP) is 2.37. The largest absolute Gasteiger partial charge is 0.490 e. The number of methoxy groups -OCH3 is 1. The molecular formula is C26H32F3N5O6. The van der Waals surface area contributed by atoms with Gasteiger partial charge < -0.3 is 30.5 Å². The second-order valence-corrected chi connectivity index (χ2v) is 8.55. The lowest BCUT2D eigenvalue weighted by atomic mass is 10.2. The summed E-state index contributed by atoms with van der Waals surface area (Å²) in [6.45, 7) is 4.69. The van der Waals surface area contributed by atoms with Crippen LogP contribution >= 0.6 is 0 Å². The number of ether oxygens (including phenoxy) is 1. The van der Waals surface area contributed by atoms with Crippen LogP contribution in [0.4, 0.5) is 18.9 Å². The van der Waals surface area contributed by atoms with Gasteiger partial charge in [0.1, 0.15) is 0 Å². The average molecular weight is 568 g/mol. The number of carbonyl (C=O) groups excluding carboxylic acids is 1. The summed E-state index contributed by atoms with van der Waals surface area (Å²) in [6, 6.07) is 16.7. The van der Waals surface area contributed by atoms with Gasteiger partial charge in [-0.1, -0.05) is 36.4 Å². The second kappa shape index (κ2) is 16.1. The first-order valence-electron chi connectivity index (χ1n) is 12.2. The molecule has 1 amide bonds. The number of anilines is 1. The number of nitrogens with one attached hydrogen (secondary N) is 2. The molecule has 2 aromatic rings. The average Bonchev–Trinajstić information content (AvgIpc) is 2.92. The summed E-state index contributed by atoms with van der Waals surface area (Å²) in [6.07, 6.45) is -5.08. The van der Waals surface area contributed by atoms with E-state index >= 15 is 0 Å². The van der Waals surface area contributed by atoms with E-state index in [1.807, 2.05) is 36.4 Å². The van der Waals surface area contributed by atoms with E-state index in [2.05, 4.69) is 20.4 Å². The number of nitrogens with zero attached hydrogens (tertiary/aromatic N) is 3. The number of aliphatic imine (C=N–C) groups is 1. The summed E-state index contributed by atoms with van der Waals surface area (Å²) in [7, 11) is 1.61. The number of carbonyl (C=O) groups is 3. The van der Waals surface area contributed by atoms with E-state index in [-0.39, 0.29) is 11.5 Å². The number of piperazine rings is 1. The number of guanidine groups is 1. The van der Waals surface area contributed by atoms with Crippen LogP contribution in [0.3, 0.4) is 0 Å². The molecule has 1 heterocycles. The van der Waals surface area contributed by atoms with Gasteiger partial charge in [-0.15, -0.1) is 0 Å². The molecule has 218 valence electrons. The molecule has 40 heavy (non-hydrogen) atoms. The molecule has 0 bridgehead atoms. The van der Waals surface area contributed by atoms with Crippen LogP contribution in [0.2, 0.25) is 0 Å². The molecule has 1 aliphatic rings. The van der Waals surface area contributed by atoms with Crippen molar-refractivity contribution in [3.8, 4) is 0 Å². The smallest absolute Gasteiger partial charge is 0.478 e. The number of aliphatic carboxylic acids is 1. The van der Waals surface area contributed by atoms with Crippen molar-refractivity contribution in [2.75, 3.05) is 58.3 Å². The first-order valence-corrected chi connectivity index (χ1v) is 12.2. The number of halogens is 3. The lowest BCUT2D eigenvalue weighted by Crippen LogP contribution is -2.52. The normalized spacial score (nSPS) is 14.1. The zero-order valence-corrected chi connectivity index (χ0v) is 21.9. The molecule has 0 saturated carbocycles. The molecule has 2 aromatic carbocycles. The molecule has 0 aliphatic carbocycles. The number of benzene rings is 2. The summed E-state index contributed by atoms with van der Waals surface area (Å²) in [5.41, 5.74) is 1.97. The molecule has 0 radical (unpaired) electrons. The fraction of sp³-hybridized carbons (Fsp3) is 0.385. The number of alkyl halides is 3. The van der Waals surface area contributed by atoms with Crippen LogP contribution in [0.5, 0.6) is 0 Å². The molecule has 0 atom stereocenters. The molecule has 14 heteroatoms. The van der Waals surface area contributed by atoms with Crippen molar-refractivity contribution in [1.29, 1.82) is 0 Å². The van der Waals surface area contributed by atoms with Gasteiger partial charge in [-0.25, -0.2) is 14.6 Å². The van der Waals surface area contributed by atoms with Crippen LogP contribution in [0, 0.1) is 0 Å². The summed E-state index contributed by atoms with van der Waals surface area (Å²) >= 11 is 0. The van der Waals surface area contributed by atoms with E-state index in [1.54, 1.807) is 25.3 Å². The van der Waals surface area contributed by atoms with Crippen LogP contribution in [0.15, 0.2) is 59.6 Å². The van der Waals surface area contributed by atoms with E-state index in [0.717, 1.165) is 18.7 Å². The van der Waals surface area contributed by atoms with Gasteiger partial charge in [0.05, 0.1) is 25.3 Å². The number of carboxylic acid groups (broad SMARTS) is 2. The van der Waals surface area contributed by atoms with Gasteiger partial charge in [0.25, 0.3) is 0 Å². The zero-order chi connectivity index (χ0) is 29.5. The maximum absolute atomic E-state index is 12.1. The quantitative estimate of drug-likeness (QED) is 0.204. The summed E-state index contributed by atoms with van der Waals surface area (Å²) in [4.78, 5) is 41.4. The van der Waals surface area contributed by atoms with Crippen LogP contribution in [0.25, 0.3) is 0 Å². The van der Waals surface area contributed by atoms with Crippen LogP contribution in [-0.4, -0.2) is 103 Å². The first kappa shape index (κ1) is 32.0. The topological polar surface area (TPSA) is 144 Å². The Morgan fingerprint density at radius 1 is 1.00 bits per heavy atom. The van der Waals surface area contributed by atoms with Crippen LogP contribution in [-0.2, 0) is 20.9 Å². The highest BCUT2D eigenvalue weighted by Crippen LogP contribution is 2.14. The van der Waals surface area contributed by atoms with E-state index in [0.29, 0.717) is 51.0 Å². The van der Waals surface area contributed by atoms with Crippen molar-refractivity contribution in [3.05, 3.63) is 65.7 Å². The van der Waals surface area contributed by atoms with Crippen molar-refractivity contribution in [1.82, 2.24) is 15.1 Å². The van der Waals surface area contributed by atoms with E-state index < -0.39 is 18.1 Å². The number of hydrogen-bond acceptors (Lipinski definition) is 6. The monoisotopic (exact) mass is 567 g/mol. The predicted molar refractivity (Wildman–Crippen MR) is 141 cm³/mol. The number of amides is 1. The van der Waals surface area contributed by atoms with Gasteiger partial charge in [0, 0.05) is 45.5 Å². The van der Waals surface area contributed by atoms with E-state index in [4.69, 9.17) is 19.6 Å². The summed E-state index contributed by atoms with van der Waals surface area (Å²) < 4.78 is 36.7. The Bertz CT molecular complexity index is 1140. The lowest BCUT2D eigenvalue weighted by molar-refractivity contribution is -0.192. The Morgan fingerprint density at radius 2 is 1.65 bits per heavy atom. The highest BCUT2D eigenvalue weighted by Gasteiger charge is 2.38. The Kier molecular flexibility index (Phi) is 12.9. The molecule has 4 N–H and O–H groups in total. The molecule has 11 nitrogen and oxygen atoms in total. The van der Waals surface area contributed by atoms with Gasteiger partial charge in [-0.2, -0.15) is 13.2 Å². The Labute approximate surface area is 229 Å². The molecule has 0 spiro atoms. The minimum Gasteiger partial charge on any atom is -0.478 e. The van der Waals surface area contributed by atoms with Crippen molar-refractivity contribution in [3.63, 3.8) is 0 Å². The number of aromatic carboxylic acids is 1. The summed E-state index contributed by atoms with van der Waals surface area (Å²) in [5.74, 6) is -3.06. The van der Waals surface area contributed by atoms with Crippen molar-refractivity contribution in [2.45, 2.75) is 12.7 Å². The van der Waals surface area contributed by atoms with Gasteiger partial charge in [-0.05, 0) is 23.8 Å². The minimum absolute atomic E-state index is 0.0120.